The van der Waals surface area contributed by atoms with Crippen molar-refractivity contribution < 1.29 is 14.3 Å². The number of hydrogen-bond acceptors (Lipinski definition) is 3. The fourth-order valence-electron chi connectivity index (χ4n) is 3.60. The molecule has 2 amide bonds. The number of nitrogens with zero attached hydrogens (tertiary/aromatic N) is 1. The summed E-state index contributed by atoms with van der Waals surface area (Å²) < 4.78 is 5.34. The topological polar surface area (TPSA) is 58.6 Å². The van der Waals surface area contributed by atoms with Crippen LogP contribution in [0.2, 0.25) is 0 Å². The fraction of sp³-hybridized carbons (Fsp3) is 0.417. The van der Waals surface area contributed by atoms with Gasteiger partial charge >= 0.3 is 0 Å². The maximum Gasteiger partial charge on any atom is 0.254 e. The maximum absolute atomic E-state index is 13.0. The Bertz CT molecular complexity index is 899. The van der Waals surface area contributed by atoms with Gasteiger partial charge in [-0.25, -0.2) is 0 Å². The number of methoxy groups -OCH3 is 1. The molecule has 0 saturated carbocycles. The summed E-state index contributed by atoms with van der Waals surface area (Å²) >= 11 is 0. The molecule has 3 rings (SSSR count). The molecule has 29 heavy (non-hydrogen) atoms. The van der Waals surface area contributed by atoms with Crippen LogP contribution in [-0.4, -0.2) is 35.9 Å². The lowest BCUT2D eigenvalue weighted by molar-refractivity contribution is -0.137. The quantitative estimate of drug-likeness (QED) is 0.836. The van der Waals surface area contributed by atoms with Crippen molar-refractivity contribution in [2.45, 2.75) is 51.6 Å². The van der Waals surface area contributed by atoms with Gasteiger partial charge in [0.1, 0.15) is 11.3 Å². The zero-order valence-electron chi connectivity index (χ0n) is 17.9. The van der Waals surface area contributed by atoms with Crippen molar-refractivity contribution in [3.8, 4) is 5.75 Å². The first kappa shape index (κ1) is 20.9. The molecule has 0 aromatic heterocycles. The van der Waals surface area contributed by atoms with E-state index in [1.165, 1.54) is 5.56 Å². The number of carbonyl (C=O) groups is 2. The van der Waals surface area contributed by atoms with Crippen molar-refractivity contribution in [2.24, 2.45) is 0 Å². The Kier molecular flexibility index (Phi) is 5.69. The lowest BCUT2D eigenvalue weighted by atomic mass is 9.84. The molecule has 0 bridgehead atoms. The smallest absolute Gasteiger partial charge is 0.254 e. The Morgan fingerprint density at radius 3 is 2.31 bits per heavy atom. The number of ether oxygens (including phenoxy) is 1. The molecule has 0 spiro atoms. The van der Waals surface area contributed by atoms with Gasteiger partial charge in [-0.3, -0.25) is 9.59 Å². The van der Waals surface area contributed by atoms with E-state index in [4.69, 9.17) is 4.74 Å². The van der Waals surface area contributed by atoms with Crippen LogP contribution in [-0.2, 0) is 16.8 Å². The largest absolute Gasteiger partial charge is 0.496 e. The van der Waals surface area contributed by atoms with E-state index in [1.54, 1.807) is 12.0 Å². The van der Waals surface area contributed by atoms with E-state index in [0.717, 1.165) is 11.3 Å². The zero-order valence-corrected chi connectivity index (χ0v) is 17.9. The standard InChI is InChI=1S/C24H30N2O3/c1-23(2,3)19-12-10-17(11-13-19)21(27)26-15-14-24(26,4)22(28)25-16-18-8-6-7-9-20(18)29-5/h6-13H,14-16H2,1-5H3,(H,25,28). The van der Waals surface area contributed by atoms with Gasteiger partial charge in [0.25, 0.3) is 5.91 Å². The predicted molar refractivity (Wildman–Crippen MR) is 114 cm³/mol. The molecule has 5 heteroatoms. The fourth-order valence-corrected chi connectivity index (χ4v) is 3.60. The number of benzene rings is 2. The highest BCUT2D eigenvalue weighted by Gasteiger charge is 2.49. The third-order valence-corrected chi connectivity index (χ3v) is 5.78. The van der Waals surface area contributed by atoms with E-state index in [2.05, 4.69) is 26.1 Å². The Morgan fingerprint density at radius 1 is 1.10 bits per heavy atom. The highest BCUT2D eigenvalue weighted by atomic mass is 16.5. The summed E-state index contributed by atoms with van der Waals surface area (Å²) in [6, 6.07) is 15.3. The van der Waals surface area contributed by atoms with Crippen LogP contribution in [0.3, 0.4) is 0 Å². The van der Waals surface area contributed by atoms with Crippen molar-refractivity contribution in [1.29, 1.82) is 0 Å². The van der Waals surface area contributed by atoms with Crippen molar-refractivity contribution in [2.75, 3.05) is 13.7 Å². The molecule has 154 valence electrons. The third kappa shape index (κ3) is 4.14. The molecule has 1 fully saturated rings. The van der Waals surface area contributed by atoms with Crippen LogP contribution in [0.4, 0.5) is 0 Å². The van der Waals surface area contributed by atoms with Gasteiger partial charge in [0.2, 0.25) is 5.91 Å². The average molecular weight is 395 g/mol. The van der Waals surface area contributed by atoms with E-state index >= 15 is 0 Å². The second-order valence-electron chi connectivity index (χ2n) is 8.80. The molecule has 1 aliphatic rings. The summed E-state index contributed by atoms with van der Waals surface area (Å²) in [5.41, 5.74) is 1.89. The summed E-state index contributed by atoms with van der Waals surface area (Å²) in [5, 5.41) is 2.97. The molecule has 1 N–H and O–H groups in total. The number of likely N-dealkylation sites (tertiary alicyclic amines) is 1. The molecular weight excluding hydrogens is 364 g/mol. The first-order valence-electron chi connectivity index (χ1n) is 9.99. The van der Waals surface area contributed by atoms with E-state index in [1.807, 2.05) is 55.5 Å². The lowest BCUT2D eigenvalue weighted by Gasteiger charge is -2.49. The molecule has 2 aromatic carbocycles. The summed E-state index contributed by atoms with van der Waals surface area (Å²) in [4.78, 5) is 27.6. The van der Waals surface area contributed by atoms with Gasteiger partial charge in [0.15, 0.2) is 0 Å². The summed E-state index contributed by atoms with van der Waals surface area (Å²) in [6.07, 6.45) is 0.649. The summed E-state index contributed by atoms with van der Waals surface area (Å²) in [6.45, 7) is 9.20. The predicted octanol–water partition coefficient (Wildman–Crippen LogP) is 3.91. The van der Waals surface area contributed by atoms with E-state index in [0.29, 0.717) is 25.1 Å². The lowest BCUT2D eigenvalue weighted by Crippen LogP contribution is -2.67. The van der Waals surface area contributed by atoms with Crippen LogP contribution in [0.25, 0.3) is 0 Å². The average Bonchev–Trinajstić information content (AvgIpc) is 2.70. The van der Waals surface area contributed by atoms with E-state index < -0.39 is 5.54 Å². The minimum Gasteiger partial charge on any atom is -0.496 e. The van der Waals surface area contributed by atoms with Gasteiger partial charge in [-0.1, -0.05) is 51.1 Å². The van der Waals surface area contributed by atoms with Crippen molar-refractivity contribution in [3.63, 3.8) is 0 Å². The Hall–Kier alpha value is -2.82. The van der Waals surface area contributed by atoms with Crippen LogP contribution in [0.5, 0.6) is 5.75 Å². The molecule has 1 saturated heterocycles. The summed E-state index contributed by atoms with van der Waals surface area (Å²) in [5.74, 6) is 0.486. The maximum atomic E-state index is 13.0. The highest BCUT2D eigenvalue weighted by Crippen LogP contribution is 2.33. The molecular formula is C24H30N2O3. The van der Waals surface area contributed by atoms with Crippen LogP contribution >= 0.6 is 0 Å². The first-order valence-corrected chi connectivity index (χ1v) is 9.99. The van der Waals surface area contributed by atoms with Gasteiger partial charge in [-0.2, -0.15) is 0 Å². The van der Waals surface area contributed by atoms with Crippen LogP contribution in [0, 0.1) is 0 Å². The Morgan fingerprint density at radius 2 is 1.76 bits per heavy atom. The number of carbonyl (C=O) groups excluding carboxylic acids is 2. The monoisotopic (exact) mass is 394 g/mol. The van der Waals surface area contributed by atoms with E-state index in [9.17, 15) is 9.59 Å². The Balaban J connectivity index is 1.68. The minimum absolute atomic E-state index is 0.0330. The van der Waals surface area contributed by atoms with Gasteiger partial charge in [0.05, 0.1) is 7.11 Å². The molecule has 1 atom stereocenters. The van der Waals surface area contributed by atoms with Crippen LogP contribution < -0.4 is 10.1 Å². The molecule has 1 unspecified atom stereocenters. The first-order chi connectivity index (χ1) is 13.7. The third-order valence-electron chi connectivity index (χ3n) is 5.78. The Labute approximate surface area is 173 Å². The second-order valence-corrected chi connectivity index (χ2v) is 8.80. The molecule has 2 aromatic rings. The van der Waals surface area contributed by atoms with Crippen molar-refractivity contribution in [3.05, 3.63) is 65.2 Å². The number of rotatable bonds is 5. The van der Waals surface area contributed by atoms with Gasteiger partial charge in [-0.15, -0.1) is 0 Å². The molecule has 0 radical (unpaired) electrons. The number of para-hydroxylation sites is 1. The van der Waals surface area contributed by atoms with Crippen molar-refractivity contribution in [1.82, 2.24) is 10.2 Å². The number of amides is 2. The van der Waals surface area contributed by atoms with Crippen LogP contribution in [0.15, 0.2) is 48.5 Å². The van der Waals surface area contributed by atoms with Gasteiger partial charge < -0.3 is 15.0 Å². The summed E-state index contributed by atoms with van der Waals surface area (Å²) in [7, 11) is 1.61. The molecule has 1 aliphatic heterocycles. The number of nitrogens with one attached hydrogen (secondary N) is 1. The van der Waals surface area contributed by atoms with Gasteiger partial charge in [-0.05, 0) is 42.5 Å². The van der Waals surface area contributed by atoms with E-state index in [-0.39, 0.29) is 17.2 Å². The number of hydrogen-bond donors (Lipinski definition) is 1. The van der Waals surface area contributed by atoms with Crippen molar-refractivity contribution >= 4 is 11.8 Å². The highest BCUT2D eigenvalue weighted by molar-refractivity contribution is 6.00. The van der Waals surface area contributed by atoms with Crippen LogP contribution in [0.1, 0.15) is 55.6 Å². The SMILES string of the molecule is COc1ccccc1CNC(=O)C1(C)CCN1C(=O)c1ccc(C(C)(C)C)cc1. The normalized spacial score (nSPS) is 18.7. The van der Waals surface area contributed by atoms with Gasteiger partial charge in [0, 0.05) is 24.2 Å². The molecule has 5 nitrogen and oxygen atoms in total. The minimum atomic E-state index is -0.832. The molecule has 1 heterocycles. The zero-order chi connectivity index (χ0) is 21.2. The molecule has 0 aliphatic carbocycles. The second kappa shape index (κ2) is 7.90.